The number of carbonyl (C=O) groups excluding carboxylic acids is 1. The van der Waals surface area contributed by atoms with E-state index in [9.17, 15) is 14.0 Å². The number of halogens is 1. The topological polar surface area (TPSA) is 78.4 Å². The number of carboxylic acid groups (broad SMARTS) is 1. The standard InChI is InChI=1S/C12H15FN2O3/c1-7(2)6-14-12(18)15-10-4-3-8(11(16)17)5-9(10)13/h3-5,7H,6H2,1-2H3,(H,16,17)(H2,14,15,18). The van der Waals surface area contributed by atoms with Crippen LogP contribution in [0.15, 0.2) is 18.2 Å². The number of rotatable bonds is 4. The summed E-state index contributed by atoms with van der Waals surface area (Å²) in [7, 11) is 0. The predicted octanol–water partition coefficient (Wildman–Crippen LogP) is 2.30. The number of aromatic carboxylic acids is 1. The molecule has 3 N–H and O–H groups in total. The van der Waals surface area contributed by atoms with Crippen LogP contribution < -0.4 is 10.6 Å². The van der Waals surface area contributed by atoms with Crippen LogP contribution in [0.3, 0.4) is 0 Å². The van der Waals surface area contributed by atoms with Crippen molar-refractivity contribution < 1.29 is 19.1 Å². The quantitative estimate of drug-likeness (QED) is 0.771. The molecule has 0 aliphatic heterocycles. The molecular weight excluding hydrogens is 239 g/mol. The van der Waals surface area contributed by atoms with E-state index in [-0.39, 0.29) is 17.2 Å². The average Bonchev–Trinajstić information content (AvgIpc) is 2.29. The molecule has 0 heterocycles. The van der Waals surface area contributed by atoms with Gasteiger partial charge in [0.2, 0.25) is 0 Å². The fraction of sp³-hybridized carbons (Fsp3) is 0.333. The molecule has 18 heavy (non-hydrogen) atoms. The molecule has 0 unspecified atom stereocenters. The number of amides is 2. The molecular formula is C12H15FN2O3. The fourth-order valence-corrected chi connectivity index (χ4v) is 1.21. The minimum atomic E-state index is -1.22. The summed E-state index contributed by atoms with van der Waals surface area (Å²) in [6.45, 7) is 4.34. The molecule has 0 aliphatic carbocycles. The van der Waals surface area contributed by atoms with Crippen molar-refractivity contribution in [1.29, 1.82) is 0 Å². The molecule has 6 heteroatoms. The first-order chi connectivity index (χ1) is 8.40. The number of anilines is 1. The number of hydrogen-bond acceptors (Lipinski definition) is 2. The summed E-state index contributed by atoms with van der Waals surface area (Å²) in [6, 6.07) is 2.78. The van der Waals surface area contributed by atoms with E-state index < -0.39 is 17.8 Å². The van der Waals surface area contributed by atoms with Gasteiger partial charge in [0, 0.05) is 6.54 Å². The van der Waals surface area contributed by atoms with Crippen LogP contribution in [-0.2, 0) is 0 Å². The molecule has 0 saturated carbocycles. The average molecular weight is 254 g/mol. The third-order valence-corrected chi connectivity index (χ3v) is 2.14. The Morgan fingerprint density at radius 2 is 2.06 bits per heavy atom. The highest BCUT2D eigenvalue weighted by Gasteiger charge is 2.10. The van der Waals surface area contributed by atoms with E-state index >= 15 is 0 Å². The summed E-state index contributed by atoms with van der Waals surface area (Å²) in [5.41, 5.74) is -0.220. The second kappa shape index (κ2) is 6.00. The summed E-state index contributed by atoms with van der Waals surface area (Å²) in [5, 5.41) is 13.5. The molecule has 0 bridgehead atoms. The van der Waals surface area contributed by atoms with Crippen molar-refractivity contribution in [2.24, 2.45) is 5.92 Å². The Balaban J connectivity index is 2.68. The van der Waals surface area contributed by atoms with Gasteiger partial charge < -0.3 is 15.7 Å². The molecule has 5 nitrogen and oxygen atoms in total. The lowest BCUT2D eigenvalue weighted by molar-refractivity contribution is 0.0696. The Hall–Kier alpha value is -2.11. The minimum Gasteiger partial charge on any atom is -0.478 e. The van der Waals surface area contributed by atoms with E-state index in [1.165, 1.54) is 12.1 Å². The van der Waals surface area contributed by atoms with Gasteiger partial charge in [0.25, 0.3) is 0 Å². The van der Waals surface area contributed by atoms with Gasteiger partial charge in [0.15, 0.2) is 0 Å². The Morgan fingerprint density at radius 1 is 1.39 bits per heavy atom. The van der Waals surface area contributed by atoms with Crippen LogP contribution in [0.4, 0.5) is 14.9 Å². The van der Waals surface area contributed by atoms with Crippen molar-refractivity contribution in [2.45, 2.75) is 13.8 Å². The summed E-state index contributed by atoms with van der Waals surface area (Å²) >= 11 is 0. The zero-order chi connectivity index (χ0) is 13.7. The lowest BCUT2D eigenvalue weighted by Gasteiger charge is -2.10. The number of benzene rings is 1. The van der Waals surface area contributed by atoms with Crippen molar-refractivity contribution in [3.63, 3.8) is 0 Å². The van der Waals surface area contributed by atoms with Gasteiger partial charge in [-0.25, -0.2) is 14.0 Å². The van der Waals surface area contributed by atoms with E-state index in [0.29, 0.717) is 6.54 Å². The Morgan fingerprint density at radius 3 is 2.56 bits per heavy atom. The first kappa shape index (κ1) is 14.0. The van der Waals surface area contributed by atoms with Crippen LogP contribution in [0.5, 0.6) is 0 Å². The molecule has 0 radical (unpaired) electrons. The van der Waals surface area contributed by atoms with Gasteiger partial charge >= 0.3 is 12.0 Å². The van der Waals surface area contributed by atoms with Crippen molar-refractivity contribution in [3.05, 3.63) is 29.6 Å². The van der Waals surface area contributed by atoms with E-state index in [1.54, 1.807) is 0 Å². The summed E-state index contributed by atoms with van der Waals surface area (Å²) in [4.78, 5) is 22.0. The first-order valence-corrected chi connectivity index (χ1v) is 5.48. The van der Waals surface area contributed by atoms with Crippen molar-refractivity contribution in [1.82, 2.24) is 5.32 Å². The number of carboxylic acids is 1. The number of nitrogens with one attached hydrogen (secondary N) is 2. The van der Waals surface area contributed by atoms with Gasteiger partial charge in [0.1, 0.15) is 5.82 Å². The van der Waals surface area contributed by atoms with Gasteiger partial charge in [-0.2, -0.15) is 0 Å². The number of urea groups is 1. The maximum atomic E-state index is 13.5. The minimum absolute atomic E-state index is 0.0544. The smallest absolute Gasteiger partial charge is 0.335 e. The highest BCUT2D eigenvalue weighted by Crippen LogP contribution is 2.15. The van der Waals surface area contributed by atoms with Gasteiger partial charge in [-0.15, -0.1) is 0 Å². The van der Waals surface area contributed by atoms with Crippen LogP contribution in [0.1, 0.15) is 24.2 Å². The van der Waals surface area contributed by atoms with E-state index in [1.807, 2.05) is 13.8 Å². The monoisotopic (exact) mass is 254 g/mol. The SMILES string of the molecule is CC(C)CNC(=O)Nc1ccc(C(=O)O)cc1F. The van der Waals surface area contributed by atoms with Crippen molar-refractivity contribution in [3.8, 4) is 0 Å². The molecule has 0 atom stereocenters. The lowest BCUT2D eigenvalue weighted by atomic mass is 10.2. The van der Waals surface area contributed by atoms with E-state index in [4.69, 9.17) is 5.11 Å². The van der Waals surface area contributed by atoms with Crippen LogP contribution in [0, 0.1) is 11.7 Å². The van der Waals surface area contributed by atoms with E-state index in [0.717, 1.165) is 6.07 Å². The third-order valence-electron chi connectivity index (χ3n) is 2.14. The summed E-state index contributed by atoms with van der Waals surface area (Å²) in [5.74, 6) is -1.71. The van der Waals surface area contributed by atoms with Gasteiger partial charge in [-0.3, -0.25) is 0 Å². The second-order valence-corrected chi connectivity index (χ2v) is 4.23. The summed E-state index contributed by atoms with van der Waals surface area (Å²) < 4.78 is 13.5. The first-order valence-electron chi connectivity index (χ1n) is 5.48. The Bertz CT molecular complexity index is 461. The third kappa shape index (κ3) is 4.04. The highest BCUT2D eigenvalue weighted by molar-refractivity contribution is 5.91. The second-order valence-electron chi connectivity index (χ2n) is 4.23. The van der Waals surface area contributed by atoms with Crippen LogP contribution in [0.25, 0.3) is 0 Å². The summed E-state index contributed by atoms with van der Waals surface area (Å²) in [6.07, 6.45) is 0. The zero-order valence-corrected chi connectivity index (χ0v) is 10.2. The van der Waals surface area contributed by atoms with Crippen LogP contribution in [0.2, 0.25) is 0 Å². The number of carbonyl (C=O) groups is 2. The van der Waals surface area contributed by atoms with Crippen LogP contribution >= 0.6 is 0 Å². The van der Waals surface area contributed by atoms with Crippen LogP contribution in [-0.4, -0.2) is 23.7 Å². The van der Waals surface area contributed by atoms with Gasteiger partial charge in [-0.1, -0.05) is 13.8 Å². The lowest BCUT2D eigenvalue weighted by Crippen LogP contribution is -2.31. The maximum Gasteiger partial charge on any atom is 0.335 e. The molecule has 2 amide bonds. The normalized spacial score (nSPS) is 10.2. The molecule has 0 spiro atoms. The zero-order valence-electron chi connectivity index (χ0n) is 10.2. The van der Waals surface area contributed by atoms with Crippen molar-refractivity contribution in [2.75, 3.05) is 11.9 Å². The Labute approximate surface area is 104 Å². The molecule has 0 fully saturated rings. The molecule has 0 aliphatic rings. The van der Waals surface area contributed by atoms with E-state index in [2.05, 4.69) is 10.6 Å². The fourth-order valence-electron chi connectivity index (χ4n) is 1.21. The molecule has 1 aromatic carbocycles. The van der Waals surface area contributed by atoms with Crippen molar-refractivity contribution >= 4 is 17.7 Å². The number of hydrogen-bond donors (Lipinski definition) is 3. The Kier molecular flexibility index (Phi) is 4.65. The largest absolute Gasteiger partial charge is 0.478 e. The van der Waals surface area contributed by atoms with Gasteiger partial charge in [-0.05, 0) is 24.1 Å². The molecule has 0 aromatic heterocycles. The molecule has 0 saturated heterocycles. The molecule has 1 rings (SSSR count). The van der Waals surface area contributed by atoms with Gasteiger partial charge in [0.05, 0.1) is 11.3 Å². The molecule has 1 aromatic rings. The maximum absolute atomic E-state index is 13.5. The molecule has 98 valence electrons. The highest BCUT2D eigenvalue weighted by atomic mass is 19.1. The predicted molar refractivity (Wildman–Crippen MR) is 65.2 cm³/mol.